The molecule has 108 valence electrons. The Bertz CT molecular complexity index is 468. The normalized spacial score (nSPS) is 17.2. The fourth-order valence-corrected chi connectivity index (χ4v) is 2.26. The van der Waals surface area contributed by atoms with Crippen LogP contribution in [-0.4, -0.2) is 53.8 Å². The molecule has 1 fully saturated rings. The summed E-state index contributed by atoms with van der Waals surface area (Å²) in [4.78, 5) is 19.8. The fourth-order valence-electron chi connectivity index (χ4n) is 2.26. The number of piperazine rings is 1. The molecule has 0 bridgehead atoms. The molecule has 0 N–H and O–H groups in total. The molecule has 1 aromatic carbocycles. The third kappa shape index (κ3) is 3.83. The average Bonchev–Trinajstić information content (AvgIpc) is 2.45. The first-order valence-corrected chi connectivity index (χ1v) is 7.09. The van der Waals surface area contributed by atoms with E-state index in [0.717, 1.165) is 44.0 Å². The molecular weight excluding hydrogens is 250 g/mol. The predicted octanol–water partition coefficient (Wildman–Crippen LogP) is 2.01. The van der Waals surface area contributed by atoms with E-state index in [0.29, 0.717) is 0 Å². The molecule has 1 saturated heterocycles. The quantitative estimate of drug-likeness (QED) is 0.469. The first kappa shape index (κ1) is 14.6. The Balaban J connectivity index is 2.25. The minimum Gasteiger partial charge on any atom is -0.353 e. The number of hydrogen-bond donors (Lipinski definition) is 0. The van der Waals surface area contributed by atoms with Gasteiger partial charge in [-0.25, -0.2) is 0 Å². The minimum atomic E-state index is -0.118. The molecule has 4 heteroatoms. The number of benzene rings is 1. The van der Waals surface area contributed by atoms with Crippen LogP contribution in [0.3, 0.4) is 0 Å². The second kappa shape index (κ2) is 6.07. The molecule has 0 atom stereocenters. The van der Waals surface area contributed by atoms with E-state index >= 15 is 0 Å². The van der Waals surface area contributed by atoms with Gasteiger partial charge in [0.05, 0.1) is 5.54 Å². The van der Waals surface area contributed by atoms with Crippen LogP contribution >= 0.6 is 0 Å². The zero-order valence-corrected chi connectivity index (χ0v) is 12.5. The first-order valence-electron chi connectivity index (χ1n) is 7.09. The molecule has 0 aliphatic carbocycles. The van der Waals surface area contributed by atoms with Gasteiger partial charge in [-0.1, -0.05) is 30.3 Å². The van der Waals surface area contributed by atoms with Crippen molar-refractivity contribution < 1.29 is 4.79 Å². The molecule has 1 amide bonds. The number of carbonyl (C=O) groups is 1. The number of amidine groups is 1. The van der Waals surface area contributed by atoms with E-state index in [1.165, 1.54) is 0 Å². The van der Waals surface area contributed by atoms with Gasteiger partial charge in [0.15, 0.2) is 0 Å². The van der Waals surface area contributed by atoms with Crippen molar-refractivity contribution in [3.63, 3.8) is 0 Å². The van der Waals surface area contributed by atoms with Gasteiger partial charge in [-0.2, -0.15) is 0 Å². The van der Waals surface area contributed by atoms with E-state index in [2.05, 4.69) is 37.8 Å². The molecule has 20 heavy (non-hydrogen) atoms. The third-order valence-electron chi connectivity index (χ3n) is 3.24. The topological polar surface area (TPSA) is 35.9 Å². The lowest BCUT2D eigenvalue weighted by molar-refractivity contribution is -0.119. The summed E-state index contributed by atoms with van der Waals surface area (Å²) in [6, 6.07) is 10.3. The summed E-state index contributed by atoms with van der Waals surface area (Å²) in [5, 5.41) is 0. The molecule has 1 aromatic rings. The predicted molar refractivity (Wildman–Crippen MR) is 81.9 cm³/mol. The Hall–Kier alpha value is -1.84. The smallest absolute Gasteiger partial charge is 0.209 e. The third-order valence-corrected chi connectivity index (χ3v) is 3.24. The zero-order valence-electron chi connectivity index (χ0n) is 12.5. The SMILES string of the molecule is CC(C)(C)/N=C(\c1ccccc1)N1CCN(C=O)CC1. The maximum Gasteiger partial charge on any atom is 0.209 e. The summed E-state index contributed by atoms with van der Waals surface area (Å²) in [6.45, 7) is 9.52. The van der Waals surface area contributed by atoms with Crippen LogP contribution in [-0.2, 0) is 4.79 Å². The lowest BCUT2D eigenvalue weighted by Gasteiger charge is -2.35. The van der Waals surface area contributed by atoms with E-state index in [1.807, 2.05) is 23.1 Å². The molecule has 0 aromatic heterocycles. The Kier molecular flexibility index (Phi) is 4.42. The summed E-state index contributed by atoms with van der Waals surface area (Å²) < 4.78 is 0. The summed E-state index contributed by atoms with van der Waals surface area (Å²) >= 11 is 0. The van der Waals surface area contributed by atoms with Gasteiger partial charge in [0.1, 0.15) is 5.84 Å². The van der Waals surface area contributed by atoms with E-state index in [4.69, 9.17) is 4.99 Å². The van der Waals surface area contributed by atoms with E-state index in [-0.39, 0.29) is 5.54 Å². The molecule has 0 spiro atoms. The van der Waals surface area contributed by atoms with Crippen LogP contribution in [0.2, 0.25) is 0 Å². The molecule has 2 rings (SSSR count). The molecule has 1 heterocycles. The Labute approximate surface area is 121 Å². The fraction of sp³-hybridized carbons (Fsp3) is 0.500. The Morgan fingerprint density at radius 1 is 1.10 bits per heavy atom. The summed E-state index contributed by atoms with van der Waals surface area (Å²) in [5.74, 6) is 1.03. The van der Waals surface area contributed by atoms with Gasteiger partial charge in [-0.15, -0.1) is 0 Å². The van der Waals surface area contributed by atoms with E-state index in [1.54, 1.807) is 0 Å². The van der Waals surface area contributed by atoms with Crippen LogP contribution in [0.5, 0.6) is 0 Å². The maximum absolute atomic E-state index is 10.8. The molecule has 1 aliphatic heterocycles. The van der Waals surface area contributed by atoms with Crippen molar-refractivity contribution in [1.29, 1.82) is 0 Å². The minimum absolute atomic E-state index is 0.118. The summed E-state index contributed by atoms with van der Waals surface area (Å²) in [5.41, 5.74) is 1.02. The largest absolute Gasteiger partial charge is 0.353 e. The van der Waals surface area contributed by atoms with E-state index in [9.17, 15) is 4.79 Å². The van der Waals surface area contributed by atoms with Gasteiger partial charge >= 0.3 is 0 Å². The van der Waals surface area contributed by atoms with Crippen LogP contribution < -0.4 is 0 Å². The monoisotopic (exact) mass is 273 g/mol. The molecule has 0 radical (unpaired) electrons. The standard InChI is InChI=1S/C16H23N3O/c1-16(2,3)17-15(14-7-5-4-6-8-14)19-11-9-18(13-20)10-12-19/h4-8,13H,9-12H2,1-3H3/b17-15+. The van der Waals surface area contributed by atoms with Crippen molar-refractivity contribution in [2.45, 2.75) is 26.3 Å². The van der Waals surface area contributed by atoms with Gasteiger partial charge in [0.25, 0.3) is 0 Å². The van der Waals surface area contributed by atoms with Gasteiger partial charge in [0, 0.05) is 31.7 Å². The van der Waals surface area contributed by atoms with Crippen molar-refractivity contribution in [3.8, 4) is 0 Å². The van der Waals surface area contributed by atoms with Gasteiger partial charge in [-0.3, -0.25) is 9.79 Å². The molecule has 4 nitrogen and oxygen atoms in total. The first-order chi connectivity index (χ1) is 9.49. The zero-order chi connectivity index (χ0) is 14.6. The Morgan fingerprint density at radius 3 is 2.20 bits per heavy atom. The number of hydrogen-bond acceptors (Lipinski definition) is 2. The van der Waals surface area contributed by atoms with Crippen LogP contribution in [0.4, 0.5) is 0 Å². The highest BCUT2D eigenvalue weighted by atomic mass is 16.1. The van der Waals surface area contributed by atoms with Gasteiger partial charge in [0.2, 0.25) is 6.41 Å². The van der Waals surface area contributed by atoms with Crippen LogP contribution in [0.1, 0.15) is 26.3 Å². The lowest BCUT2D eigenvalue weighted by Crippen LogP contribution is -2.48. The van der Waals surface area contributed by atoms with Crippen molar-refractivity contribution in [3.05, 3.63) is 35.9 Å². The van der Waals surface area contributed by atoms with E-state index < -0.39 is 0 Å². The number of carbonyl (C=O) groups excluding carboxylic acids is 1. The van der Waals surface area contributed by atoms with Crippen molar-refractivity contribution in [1.82, 2.24) is 9.80 Å². The maximum atomic E-state index is 10.8. The van der Waals surface area contributed by atoms with Crippen molar-refractivity contribution >= 4 is 12.2 Å². The number of rotatable bonds is 2. The van der Waals surface area contributed by atoms with Gasteiger partial charge < -0.3 is 9.80 Å². The van der Waals surface area contributed by atoms with Crippen molar-refractivity contribution in [2.24, 2.45) is 4.99 Å². The number of aliphatic imine (C=N–C) groups is 1. The molecular formula is C16H23N3O. The highest BCUT2D eigenvalue weighted by Gasteiger charge is 2.21. The number of nitrogens with zero attached hydrogens (tertiary/aromatic N) is 3. The van der Waals surface area contributed by atoms with Gasteiger partial charge in [-0.05, 0) is 20.8 Å². The number of amides is 1. The summed E-state index contributed by atoms with van der Waals surface area (Å²) in [7, 11) is 0. The molecule has 0 saturated carbocycles. The average molecular weight is 273 g/mol. The molecule has 0 unspecified atom stereocenters. The highest BCUT2D eigenvalue weighted by molar-refractivity contribution is 5.99. The Morgan fingerprint density at radius 2 is 1.70 bits per heavy atom. The van der Waals surface area contributed by atoms with Crippen molar-refractivity contribution in [2.75, 3.05) is 26.2 Å². The molecule has 1 aliphatic rings. The highest BCUT2D eigenvalue weighted by Crippen LogP contribution is 2.15. The van der Waals surface area contributed by atoms with Crippen LogP contribution in [0.25, 0.3) is 0 Å². The second-order valence-corrected chi connectivity index (χ2v) is 6.10. The lowest BCUT2D eigenvalue weighted by atomic mass is 10.1. The summed E-state index contributed by atoms with van der Waals surface area (Å²) in [6.07, 6.45) is 0.931. The van der Waals surface area contributed by atoms with Crippen LogP contribution in [0.15, 0.2) is 35.3 Å². The second-order valence-electron chi connectivity index (χ2n) is 6.10. The van der Waals surface area contributed by atoms with Crippen LogP contribution in [0, 0.1) is 0 Å².